The van der Waals surface area contributed by atoms with Crippen molar-refractivity contribution in [3.63, 3.8) is 0 Å². The summed E-state index contributed by atoms with van der Waals surface area (Å²) < 4.78 is 27.2. The van der Waals surface area contributed by atoms with Gasteiger partial charge in [0.25, 0.3) is 0 Å². The Bertz CT molecular complexity index is 608. The fraction of sp³-hybridized carbons (Fsp3) is 0.571. The number of hydrogen-bond donors (Lipinski definition) is 2. The summed E-state index contributed by atoms with van der Waals surface area (Å²) in [5.41, 5.74) is 2.44. The average molecular weight is 280 g/mol. The Morgan fingerprint density at radius 2 is 2.16 bits per heavy atom. The lowest BCUT2D eigenvalue weighted by Gasteiger charge is -2.09. The molecule has 0 spiro atoms. The highest BCUT2D eigenvalue weighted by atomic mass is 32.2. The molecule has 0 bridgehead atoms. The second-order valence-electron chi connectivity index (χ2n) is 6.24. The van der Waals surface area contributed by atoms with Crippen molar-refractivity contribution in [2.45, 2.75) is 31.6 Å². The first-order chi connectivity index (χ1) is 8.88. The normalized spacial score (nSPS) is 23.8. The maximum absolute atomic E-state index is 12.2. The molecule has 1 saturated carbocycles. The largest absolute Gasteiger partial charge is 0.384 e. The number of rotatable bonds is 4. The predicted octanol–water partition coefficient (Wildman–Crippen LogP) is 1.98. The summed E-state index contributed by atoms with van der Waals surface area (Å²) >= 11 is 0. The molecule has 1 aromatic rings. The van der Waals surface area contributed by atoms with Crippen LogP contribution in [-0.2, 0) is 16.4 Å². The molecule has 1 aliphatic carbocycles. The number of nitrogens with one attached hydrogen (secondary N) is 2. The zero-order valence-corrected chi connectivity index (χ0v) is 12.2. The van der Waals surface area contributed by atoms with E-state index in [1.54, 1.807) is 12.1 Å². The van der Waals surface area contributed by atoms with Crippen LogP contribution in [0.4, 0.5) is 5.69 Å². The second-order valence-corrected chi connectivity index (χ2v) is 8.00. The molecule has 1 aliphatic heterocycles. The number of anilines is 1. The van der Waals surface area contributed by atoms with Crippen LogP contribution in [0.1, 0.15) is 25.8 Å². The van der Waals surface area contributed by atoms with Gasteiger partial charge < -0.3 is 5.32 Å². The van der Waals surface area contributed by atoms with Crippen molar-refractivity contribution in [3.05, 3.63) is 23.8 Å². The van der Waals surface area contributed by atoms with Gasteiger partial charge in [0.1, 0.15) is 0 Å². The highest BCUT2D eigenvalue weighted by molar-refractivity contribution is 7.89. The molecule has 4 nitrogen and oxygen atoms in total. The third-order valence-corrected chi connectivity index (χ3v) is 5.76. The molecule has 0 radical (unpaired) electrons. The van der Waals surface area contributed by atoms with Crippen LogP contribution in [0.25, 0.3) is 0 Å². The lowest BCUT2D eigenvalue weighted by molar-refractivity contribution is 0.537. The number of hydrogen-bond acceptors (Lipinski definition) is 3. The molecule has 1 aromatic carbocycles. The molecule has 5 heteroatoms. The van der Waals surface area contributed by atoms with Gasteiger partial charge in [-0.25, -0.2) is 13.1 Å². The standard InChI is InChI=1S/C14H20N2O2S/c1-14(2)8-11(14)9-16-19(17,18)12-4-3-10-5-6-15-13(10)7-12/h3-4,7,11,15-16H,5-6,8-9H2,1-2H3. The van der Waals surface area contributed by atoms with Crippen molar-refractivity contribution >= 4 is 15.7 Å². The first-order valence-corrected chi connectivity index (χ1v) is 8.23. The molecule has 1 fully saturated rings. The van der Waals surface area contributed by atoms with Crippen molar-refractivity contribution in [3.8, 4) is 0 Å². The van der Waals surface area contributed by atoms with Gasteiger partial charge in [-0.15, -0.1) is 0 Å². The summed E-state index contributed by atoms with van der Waals surface area (Å²) in [6.45, 7) is 5.78. The fourth-order valence-electron chi connectivity index (χ4n) is 2.66. The zero-order chi connectivity index (χ0) is 13.7. The average Bonchev–Trinajstić information content (AvgIpc) is 2.76. The molecule has 1 heterocycles. The Morgan fingerprint density at radius 1 is 1.42 bits per heavy atom. The molecule has 0 saturated heterocycles. The van der Waals surface area contributed by atoms with Crippen LogP contribution in [0.5, 0.6) is 0 Å². The topological polar surface area (TPSA) is 58.2 Å². The minimum absolute atomic E-state index is 0.294. The van der Waals surface area contributed by atoms with Crippen LogP contribution in [0.15, 0.2) is 23.1 Å². The third-order valence-electron chi connectivity index (χ3n) is 4.34. The van der Waals surface area contributed by atoms with E-state index in [2.05, 4.69) is 23.9 Å². The van der Waals surface area contributed by atoms with E-state index >= 15 is 0 Å². The summed E-state index contributed by atoms with van der Waals surface area (Å²) in [5, 5.41) is 3.21. The highest BCUT2D eigenvalue weighted by Crippen LogP contribution is 2.51. The van der Waals surface area contributed by atoms with Crippen LogP contribution in [-0.4, -0.2) is 21.5 Å². The summed E-state index contributed by atoms with van der Waals surface area (Å²) in [7, 11) is -3.38. The SMILES string of the molecule is CC1(C)CC1CNS(=O)(=O)c1ccc2c(c1)NCC2. The summed E-state index contributed by atoms with van der Waals surface area (Å²) in [5.74, 6) is 0.467. The van der Waals surface area contributed by atoms with E-state index in [0.29, 0.717) is 22.8 Å². The maximum atomic E-state index is 12.2. The Labute approximate surface area is 114 Å². The lowest BCUT2D eigenvalue weighted by atomic mass is 10.1. The second kappa shape index (κ2) is 4.21. The fourth-order valence-corrected chi connectivity index (χ4v) is 3.76. The van der Waals surface area contributed by atoms with Gasteiger partial charge in [0.2, 0.25) is 10.0 Å². The first-order valence-electron chi connectivity index (χ1n) is 6.75. The van der Waals surface area contributed by atoms with Gasteiger partial charge in [-0.3, -0.25) is 0 Å². The van der Waals surface area contributed by atoms with Crippen LogP contribution in [0.2, 0.25) is 0 Å². The van der Waals surface area contributed by atoms with Crippen molar-refractivity contribution in [2.75, 3.05) is 18.4 Å². The van der Waals surface area contributed by atoms with Gasteiger partial charge in [0, 0.05) is 18.8 Å². The quantitative estimate of drug-likeness (QED) is 0.886. The monoisotopic (exact) mass is 280 g/mol. The Hall–Kier alpha value is -1.07. The van der Waals surface area contributed by atoms with E-state index in [9.17, 15) is 8.42 Å². The first kappa shape index (κ1) is 12.9. The van der Waals surface area contributed by atoms with Gasteiger partial charge in [-0.05, 0) is 41.9 Å². The summed E-state index contributed by atoms with van der Waals surface area (Å²) in [4.78, 5) is 0.360. The number of fused-ring (bicyclic) bond motifs is 1. The summed E-state index contributed by atoms with van der Waals surface area (Å²) in [6, 6.07) is 5.35. The molecule has 19 heavy (non-hydrogen) atoms. The van der Waals surface area contributed by atoms with Gasteiger partial charge in [0.15, 0.2) is 0 Å². The summed E-state index contributed by atoms with van der Waals surface area (Å²) in [6.07, 6.45) is 2.07. The Balaban J connectivity index is 1.73. The van der Waals surface area contributed by atoms with Crippen LogP contribution < -0.4 is 10.0 Å². The molecule has 2 aliphatic rings. The lowest BCUT2D eigenvalue weighted by Crippen LogP contribution is -2.26. The molecule has 3 rings (SSSR count). The van der Waals surface area contributed by atoms with Crippen LogP contribution >= 0.6 is 0 Å². The Morgan fingerprint density at radius 3 is 2.84 bits per heavy atom. The Kier molecular flexibility index (Phi) is 2.87. The number of benzene rings is 1. The van der Waals surface area contributed by atoms with Crippen LogP contribution in [0, 0.1) is 11.3 Å². The molecule has 2 N–H and O–H groups in total. The molecule has 1 unspecified atom stereocenters. The predicted molar refractivity (Wildman–Crippen MR) is 75.7 cm³/mol. The molecular formula is C14H20N2O2S. The van der Waals surface area contributed by atoms with Crippen molar-refractivity contribution in [1.82, 2.24) is 4.72 Å². The molecule has 0 aromatic heterocycles. The van der Waals surface area contributed by atoms with E-state index in [0.717, 1.165) is 25.1 Å². The number of sulfonamides is 1. The van der Waals surface area contributed by atoms with E-state index < -0.39 is 10.0 Å². The zero-order valence-electron chi connectivity index (χ0n) is 11.4. The maximum Gasteiger partial charge on any atom is 0.240 e. The molecule has 104 valence electrons. The van der Waals surface area contributed by atoms with Crippen molar-refractivity contribution in [1.29, 1.82) is 0 Å². The van der Waals surface area contributed by atoms with E-state index in [1.807, 2.05) is 6.07 Å². The molecule has 0 amide bonds. The highest BCUT2D eigenvalue weighted by Gasteiger charge is 2.45. The van der Waals surface area contributed by atoms with Gasteiger partial charge in [-0.1, -0.05) is 19.9 Å². The van der Waals surface area contributed by atoms with E-state index in [4.69, 9.17) is 0 Å². The molecular weight excluding hydrogens is 260 g/mol. The smallest absolute Gasteiger partial charge is 0.240 e. The van der Waals surface area contributed by atoms with Crippen molar-refractivity contribution in [2.24, 2.45) is 11.3 Å². The van der Waals surface area contributed by atoms with Gasteiger partial charge in [0.05, 0.1) is 4.90 Å². The van der Waals surface area contributed by atoms with Gasteiger partial charge >= 0.3 is 0 Å². The van der Waals surface area contributed by atoms with E-state index in [-0.39, 0.29) is 0 Å². The van der Waals surface area contributed by atoms with E-state index in [1.165, 1.54) is 5.56 Å². The van der Waals surface area contributed by atoms with Crippen molar-refractivity contribution < 1.29 is 8.42 Å². The molecule has 1 atom stereocenters. The third kappa shape index (κ3) is 2.49. The van der Waals surface area contributed by atoms with Gasteiger partial charge in [-0.2, -0.15) is 0 Å². The van der Waals surface area contributed by atoms with Crippen LogP contribution in [0.3, 0.4) is 0 Å². The minimum atomic E-state index is -3.38. The minimum Gasteiger partial charge on any atom is -0.384 e.